The first-order valence-corrected chi connectivity index (χ1v) is 6.85. The quantitative estimate of drug-likeness (QED) is 0.771. The van der Waals surface area contributed by atoms with E-state index in [0.717, 1.165) is 39.0 Å². The Morgan fingerprint density at radius 1 is 1.47 bits per heavy atom. The van der Waals surface area contributed by atoms with E-state index in [0.29, 0.717) is 12.0 Å². The van der Waals surface area contributed by atoms with E-state index >= 15 is 0 Å². The van der Waals surface area contributed by atoms with Gasteiger partial charge in [-0.2, -0.15) is 0 Å². The molecule has 0 aromatic carbocycles. The second-order valence-corrected chi connectivity index (χ2v) is 5.30. The zero-order valence-electron chi connectivity index (χ0n) is 10.9. The molecule has 4 atom stereocenters. The average molecular weight is 240 g/mol. The van der Waals surface area contributed by atoms with Crippen molar-refractivity contribution in [2.75, 3.05) is 19.7 Å². The predicted molar refractivity (Wildman–Crippen MR) is 66.7 cm³/mol. The lowest BCUT2D eigenvalue weighted by atomic mass is 9.93. The molecule has 4 heteroatoms. The Bertz CT molecular complexity index is 270. The van der Waals surface area contributed by atoms with Crippen molar-refractivity contribution in [2.24, 2.45) is 11.8 Å². The summed E-state index contributed by atoms with van der Waals surface area (Å²) < 4.78 is 5.58. The first-order valence-electron chi connectivity index (χ1n) is 6.85. The van der Waals surface area contributed by atoms with E-state index in [2.05, 4.69) is 24.5 Å². The van der Waals surface area contributed by atoms with Gasteiger partial charge in [-0.15, -0.1) is 0 Å². The second-order valence-electron chi connectivity index (χ2n) is 5.30. The summed E-state index contributed by atoms with van der Waals surface area (Å²) in [5, 5.41) is 6.57. The highest BCUT2D eigenvalue weighted by molar-refractivity contribution is 5.79. The molecule has 0 spiro atoms. The molecule has 2 rings (SSSR count). The van der Waals surface area contributed by atoms with Gasteiger partial charge in [0.15, 0.2) is 0 Å². The number of ether oxygens (including phenoxy) is 1. The lowest BCUT2D eigenvalue weighted by Crippen LogP contribution is -2.50. The summed E-state index contributed by atoms with van der Waals surface area (Å²) in [6.07, 6.45) is 2.98. The van der Waals surface area contributed by atoms with Crippen LogP contribution in [0.15, 0.2) is 0 Å². The molecule has 2 heterocycles. The molecule has 0 saturated carbocycles. The van der Waals surface area contributed by atoms with Crippen molar-refractivity contribution in [3.63, 3.8) is 0 Å². The van der Waals surface area contributed by atoms with Crippen molar-refractivity contribution < 1.29 is 9.53 Å². The largest absolute Gasteiger partial charge is 0.377 e. The highest BCUT2D eigenvalue weighted by Gasteiger charge is 2.34. The molecule has 4 unspecified atom stereocenters. The number of carbonyl (C=O) groups excluding carboxylic acids is 1. The van der Waals surface area contributed by atoms with Crippen LogP contribution >= 0.6 is 0 Å². The second kappa shape index (κ2) is 5.83. The van der Waals surface area contributed by atoms with Crippen molar-refractivity contribution in [2.45, 2.75) is 45.3 Å². The van der Waals surface area contributed by atoms with Gasteiger partial charge in [0.25, 0.3) is 0 Å². The van der Waals surface area contributed by atoms with Gasteiger partial charge < -0.3 is 15.4 Å². The molecule has 0 aromatic rings. The number of piperidine rings is 1. The highest BCUT2D eigenvalue weighted by atomic mass is 16.5. The monoisotopic (exact) mass is 240 g/mol. The van der Waals surface area contributed by atoms with E-state index < -0.39 is 0 Å². The Morgan fingerprint density at radius 2 is 2.29 bits per heavy atom. The number of nitrogens with one attached hydrogen (secondary N) is 2. The third-order valence-electron chi connectivity index (χ3n) is 4.06. The van der Waals surface area contributed by atoms with Crippen LogP contribution in [0.3, 0.4) is 0 Å². The van der Waals surface area contributed by atoms with Gasteiger partial charge in [0, 0.05) is 12.6 Å². The molecule has 2 fully saturated rings. The normalized spacial score (nSPS) is 38.0. The molecule has 0 radical (unpaired) electrons. The van der Waals surface area contributed by atoms with Gasteiger partial charge in [0.05, 0.1) is 12.0 Å². The molecule has 2 aliphatic rings. The van der Waals surface area contributed by atoms with Crippen molar-refractivity contribution in [3.8, 4) is 0 Å². The third-order valence-corrected chi connectivity index (χ3v) is 4.06. The van der Waals surface area contributed by atoms with E-state index in [4.69, 9.17) is 4.74 Å². The van der Waals surface area contributed by atoms with Crippen molar-refractivity contribution in [1.82, 2.24) is 10.6 Å². The molecule has 2 saturated heterocycles. The van der Waals surface area contributed by atoms with E-state index in [1.807, 2.05) is 0 Å². The highest BCUT2D eigenvalue weighted by Crippen LogP contribution is 2.24. The maximum Gasteiger partial charge on any atom is 0.226 e. The molecule has 4 nitrogen and oxygen atoms in total. The molecular weight excluding hydrogens is 216 g/mol. The van der Waals surface area contributed by atoms with Gasteiger partial charge in [-0.05, 0) is 38.3 Å². The number of rotatable bonds is 3. The van der Waals surface area contributed by atoms with Gasteiger partial charge in [-0.1, -0.05) is 13.8 Å². The minimum atomic E-state index is 0.0714. The van der Waals surface area contributed by atoms with E-state index in [1.54, 1.807) is 0 Å². The fourth-order valence-corrected chi connectivity index (χ4v) is 2.87. The van der Waals surface area contributed by atoms with Gasteiger partial charge >= 0.3 is 0 Å². The molecule has 0 bridgehead atoms. The smallest absolute Gasteiger partial charge is 0.226 e. The van der Waals surface area contributed by atoms with Crippen LogP contribution in [0.1, 0.15) is 33.1 Å². The van der Waals surface area contributed by atoms with E-state index in [9.17, 15) is 4.79 Å². The summed E-state index contributed by atoms with van der Waals surface area (Å²) in [5.41, 5.74) is 0. The van der Waals surface area contributed by atoms with Crippen molar-refractivity contribution >= 4 is 5.91 Å². The zero-order chi connectivity index (χ0) is 12.3. The maximum absolute atomic E-state index is 12.2. The number of hydrogen-bond acceptors (Lipinski definition) is 3. The van der Waals surface area contributed by atoms with Gasteiger partial charge in [0.2, 0.25) is 5.91 Å². The van der Waals surface area contributed by atoms with Crippen molar-refractivity contribution in [1.29, 1.82) is 0 Å². The van der Waals surface area contributed by atoms with Gasteiger partial charge in [-0.25, -0.2) is 0 Å². The van der Waals surface area contributed by atoms with Crippen LogP contribution in [0, 0.1) is 11.8 Å². The molecule has 2 N–H and O–H groups in total. The van der Waals surface area contributed by atoms with Gasteiger partial charge in [-0.3, -0.25) is 4.79 Å². The van der Waals surface area contributed by atoms with Crippen LogP contribution in [0.2, 0.25) is 0 Å². The van der Waals surface area contributed by atoms with Crippen molar-refractivity contribution in [3.05, 3.63) is 0 Å². The summed E-state index contributed by atoms with van der Waals surface area (Å²) >= 11 is 0. The Hall–Kier alpha value is -0.610. The topological polar surface area (TPSA) is 50.4 Å². The van der Waals surface area contributed by atoms with E-state index in [1.165, 1.54) is 0 Å². The van der Waals surface area contributed by atoms with E-state index in [-0.39, 0.29) is 17.9 Å². The van der Waals surface area contributed by atoms with Crippen LogP contribution in [0.5, 0.6) is 0 Å². The molecule has 0 aliphatic carbocycles. The summed E-state index contributed by atoms with van der Waals surface area (Å²) in [4.78, 5) is 12.2. The van der Waals surface area contributed by atoms with Crippen LogP contribution in [-0.4, -0.2) is 37.7 Å². The standard InChI is InChI=1S/C13H24N2O2/c1-3-12-10(5-7-17-12)13(16)15-11-4-6-14-8-9(11)2/h9-12,14H,3-8H2,1-2H3,(H,15,16). The Labute approximate surface area is 103 Å². The summed E-state index contributed by atoms with van der Waals surface area (Å²) in [5.74, 6) is 0.797. The summed E-state index contributed by atoms with van der Waals surface area (Å²) in [6, 6.07) is 0.335. The first kappa shape index (κ1) is 12.8. The third kappa shape index (κ3) is 2.99. The predicted octanol–water partition coefficient (Wildman–Crippen LogP) is 0.916. The summed E-state index contributed by atoms with van der Waals surface area (Å²) in [6.45, 7) is 7.03. The van der Waals surface area contributed by atoms with Crippen LogP contribution in [0.25, 0.3) is 0 Å². The lowest BCUT2D eigenvalue weighted by molar-refractivity contribution is -0.127. The number of hydrogen-bond donors (Lipinski definition) is 2. The minimum Gasteiger partial charge on any atom is -0.377 e. The Kier molecular flexibility index (Phi) is 4.40. The zero-order valence-corrected chi connectivity index (χ0v) is 10.9. The minimum absolute atomic E-state index is 0.0714. The van der Waals surface area contributed by atoms with Crippen LogP contribution < -0.4 is 10.6 Å². The Morgan fingerprint density at radius 3 is 3.00 bits per heavy atom. The van der Waals surface area contributed by atoms with Crippen LogP contribution in [-0.2, 0) is 9.53 Å². The molecule has 98 valence electrons. The van der Waals surface area contributed by atoms with Crippen LogP contribution in [0.4, 0.5) is 0 Å². The fourth-order valence-electron chi connectivity index (χ4n) is 2.87. The van der Waals surface area contributed by atoms with Gasteiger partial charge in [0.1, 0.15) is 0 Å². The maximum atomic E-state index is 12.2. The number of carbonyl (C=O) groups is 1. The molecular formula is C13H24N2O2. The fraction of sp³-hybridized carbons (Fsp3) is 0.923. The molecule has 2 aliphatic heterocycles. The lowest BCUT2D eigenvalue weighted by Gasteiger charge is -2.31. The SMILES string of the molecule is CCC1OCCC1C(=O)NC1CCNCC1C. The first-order chi connectivity index (χ1) is 8.22. The summed E-state index contributed by atoms with van der Waals surface area (Å²) in [7, 11) is 0. The Balaban J connectivity index is 1.87. The molecule has 17 heavy (non-hydrogen) atoms. The number of amides is 1. The molecule has 1 amide bonds. The average Bonchev–Trinajstić information content (AvgIpc) is 2.80. The molecule has 0 aromatic heterocycles.